The topological polar surface area (TPSA) is 45.5 Å². The smallest absolute Gasteiger partial charge is 0.352 e. The molecule has 1 aromatic rings. The van der Waals surface area contributed by atoms with Crippen molar-refractivity contribution in [3.8, 4) is 0 Å². The molecule has 0 aliphatic carbocycles. The van der Waals surface area contributed by atoms with Crippen molar-refractivity contribution < 1.29 is 9.90 Å². The molecule has 2 rings (SSSR count). The third-order valence-electron chi connectivity index (χ3n) is 2.94. The number of likely N-dealkylation sites (tertiary alicyclic amines) is 1. The second-order valence-electron chi connectivity index (χ2n) is 4.09. The summed E-state index contributed by atoms with van der Waals surface area (Å²) < 4.78 is 2.62. The molecule has 4 nitrogen and oxygen atoms in total. The normalized spacial score (nSPS) is 16.8. The maximum Gasteiger partial charge on any atom is 0.352 e. The number of aromatic nitrogens is 1. The molecule has 0 bridgehead atoms. The standard InChI is InChI=1S/C11H15BrN2O2/c12-9-7-10(11(15)16)14(8-9)6-5-13-3-1-2-4-13/h7-8H,1-6H2,(H,15,16). The molecule has 0 atom stereocenters. The molecule has 1 saturated heterocycles. The van der Waals surface area contributed by atoms with Crippen molar-refractivity contribution in [2.24, 2.45) is 0 Å². The Morgan fingerprint density at radius 1 is 1.38 bits per heavy atom. The summed E-state index contributed by atoms with van der Waals surface area (Å²) in [6.07, 6.45) is 4.36. The van der Waals surface area contributed by atoms with Crippen LogP contribution in [-0.2, 0) is 6.54 Å². The van der Waals surface area contributed by atoms with Gasteiger partial charge in [-0.05, 0) is 47.9 Å². The lowest BCUT2D eigenvalue weighted by molar-refractivity contribution is 0.0684. The van der Waals surface area contributed by atoms with Gasteiger partial charge < -0.3 is 14.6 Å². The van der Waals surface area contributed by atoms with Crippen LogP contribution < -0.4 is 0 Å². The number of carboxylic acids is 1. The van der Waals surface area contributed by atoms with E-state index in [0.29, 0.717) is 5.69 Å². The van der Waals surface area contributed by atoms with Crippen LogP contribution in [0.25, 0.3) is 0 Å². The Morgan fingerprint density at radius 2 is 2.06 bits per heavy atom. The quantitative estimate of drug-likeness (QED) is 0.921. The zero-order chi connectivity index (χ0) is 11.5. The predicted octanol–water partition coefficient (Wildman–Crippen LogP) is 2.04. The average Bonchev–Trinajstić information content (AvgIpc) is 2.83. The Labute approximate surface area is 103 Å². The lowest BCUT2D eigenvalue weighted by Gasteiger charge is -2.15. The molecule has 1 aliphatic heterocycles. The van der Waals surface area contributed by atoms with Gasteiger partial charge >= 0.3 is 5.97 Å². The van der Waals surface area contributed by atoms with Crippen LogP contribution in [0.15, 0.2) is 16.7 Å². The summed E-state index contributed by atoms with van der Waals surface area (Å²) in [7, 11) is 0. The number of aromatic carboxylic acids is 1. The summed E-state index contributed by atoms with van der Waals surface area (Å²) in [5.74, 6) is -0.868. The summed E-state index contributed by atoms with van der Waals surface area (Å²) in [5, 5.41) is 9.02. The number of hydrogen-bond donors (Lipinski definition) is 1. The molecule has 1 aromatic heterocycles. The number of hydrogen-bond acceptors (Lipinski definition) is 2. The van der Waals surface area contributed by atoms with Gasteiger partial charge in [-0.25, -0.2) is 4.79 Å². The third kappa shape index (κ3) is 2.65. The number of nitrogens with zero attached hydrogens (tertiary/aromatic N) is 2. The fourth-order valence-electron chi connectivity index (χ4n) is 2.09. The highest BCUT2D eigenvalue weighted by molar-refractivity contribution is 9.10. The van der Waals surface area contributed by atoms with Crippen LogP contribution in [0.5, 0.6) is 0 Å². The van der Waals surface area contributed by atoms with Crippen molar-refractivity contribution in [3.63, 3.8) is 0 Å². The van der Waals surface area contributed by atoms with E-state index < -0.39 is 5.97 Å². The minimum Gasteiger partial charge on any atom is -0.477 e. The monoisotopic (exact) mass is 286 g/mol. The van der Waals surface area contributed by atoms with Crippen LogP contribution in [0.3, 0.4) is 0 Å². The van der Waals surface area contributed by atoms with Crippen molar-refractivity contribution in [2.45, 2.75) is 19.4 Å². The van der Waals surface area contributed by atoms with Crippen LogP contribution in [0, 0.1) is 0 Å². The van der Waals surface area contributed by atoms with Crippen molar-refractivity contribution in [1.29, 1.82) is 0 Å². The van der Waals surface area contributed by atoms with Gasteiger partial charge in [-0.2, -0.15) is 0 Å². The molecular weight excluding hydrogens is 272 g/mol. The molecule has 88 valence electrons. The summed E-state index contributed by atoms with van der Waals surface area (Å²) in [6, 6.07) is 1.65. The Balaban J connectivity index is 1.99. The Bertz CT molecular complexity index is 383. The molecule has 1 N–H and O–H groups in total. The van der Waals surface area contributed by atoms with E-state index in [1.54, 1.807) is 10.6 Å². The van der Waals surface area contributed by atoms with Crippen LogP contribution in [0.1, 0.15) is 23.3 Å². The van der Waals surface area contributed by atoms with Gasteiger partial charge in [0.25, 0.3) is 0 Å². The van der Waals surface area contributed by atoms with Gasteiger partial charge in [0.2, 0.25) is 0 Å². The van der Waals surface area contributed by atoms with Gasteiger partial charge in [-0.1, -0.05) is 0 Å². The van der Waals surface area contributed by atoms with Crippen LogP contribution >= 0.6 is 15.9 Å². The number of carboxylic acid groups (broad SMARTS) is 1. The molecule has 0 unspecified atom stereocenters. The maximum atomic E-state index is 11.0. The molecule has 5 heteroatoms. The SMILES string of the molecule is O=C(O)c1cc(Br)cn1CCN1CCCC1. The summed E-state index contributed by atoms with van der Waals surface area (Å²) in [4.78, 5) is 13.4. The molecule has 16 heavy (non-hydrogen) atoms. The van der Waals surface area contributed by atoms with Crippen molar-refractivity contribution in [1.82, 2.24) is 9.47 Å². The molecule has 1 fully saturated rings. The van der Waals surface area contributed by atoms with Crippen molar-refractivity contribution in [2.75, 3.05) is 19.6 Å². The highest BCUT2D eigenvalue weighted by Gasteiger charge is 2.14. The first-order valence-corrected chi connectivity index (χ1v) is 6.27. The molecule has 0 aromatic carbocycles. The Morgan fingerprint density at radius 3 is 2.69 bits per heavy atom. The molecule has 0 radical (unpaired) electrons. The van der Waals surface area contributed by atoms with E-state index in [0.717, 1.165) is 30.7 Å². The Hall–Kier alpha value is -0.810. The predicted molar refractivity (Wildman–Crippen MR) is 64.8 cm³/mol. The molecule has 0 amide bonds. The van der Waals surface area contributed by atoms with E-state index in [9.17, 15) is 4.79 Å². The minimum absolute atomic E-state index is 0.353. The summed E-state index contributed by atoms with van der Waals surface area (Å²) in [6.45, 7) is 3.96. The largest absolute Gasteiger partial charge is 0.477 e. The van der Waals surface area contributed by atoms with E-state index in [4.69, 9.17) is 5.11 Å². The van der Waals surface area contributed by atoms with E-state index in [-0.39, 0.29) is 0 Å². The van der Waals surface area contributed by atoms with Gasteiger partial charge in [-0.3, -0.25) is 0 Å². The van der Waals surface area contributed by atoms with E-state index in [1.165, 1.54) is 12.8 Å². The maximum absolute atomic E-state index is 11.0. The molecule has 2 heterocycles. The van der Waals surface area contributed by atoms with E-state index >= 15 is 0 Å². The Kier molecular flexibility index (Phi) is 3.66. The first-order valence-electron chi connectivity index (χ1n) is 5.48. The fraction of sp³-hybridized carbons (Fsp3) is 0.545. The first kappa shape index (κ1) is 11.7. The lowest BCUT2D eigenvalue weighted by atomic mass is 10.4. The number of rotatable bonds is 4. The summed E-state index contributed by atoms with van der Waals surface area (Å²) >= 11 is 3.31. The van der Waals surface area contributed by atoms with Gasteiger partial charge in [0.1, 0.15) is 5.69 Å². The highest BCUT2D eigenvalue weighted by Crippen LogP contribution is 2.15. The van der Waals surface area contributed by atoms with Crippen molar-refractivity contribution in [3.05, 3.63) is 22.4 Å². The van der Waals surface area contributed by atoms with E-state index in [2.05, 4.69) is 20.8 Å². The number of carbonyl (C=O) groups is 1. The first-order chi connectivity index (χ1) is 7.66. The third-order valence-corrected chi connectivity index (χ3v) is 3.37. The van der Waals surface area contributed by atoms with E-state index in [1.807, 2.05) is 6.20 Å². The number of halogens is 1. The van der Waals surface area contributed by atoms with Crippen molar-refractivity contribution >= 4 is 21.9 Å². The fourth-order valence-corrected chi connectivity index (χ4v) is 2.56. The minimum atomic E-state index is -0.868. The van der Waals surface area contributed by atoms with Crippen LogP contribution in [0.4, 0.5) is 0 Å². The van der Waals surface area contributed by atoms with Crippen LogP contribution in [0.2, 0.25) is 0 Å². The molecule has 0 saturated carbocycles. The highest BCUT2D eigenvalue weighted by atomic mass is 79.9. The zero-order valence-electron chi connectivity index (χ0n) is 9.03. The second-order valence-corrected chi connectivity index (χ2v) is 5.01. The molecule has 1 aliphatic rings. The molecule has 0 spiro atoms. The van der Waals surface area contributed by atoms with Gasteiger partial charge in [-0.15, -0.1) is 0 Å². The summed E-state index contributed by atoms with van der Waals surface area (Å²) in [5.41, 5.74) is 0.353. The lowest BCUT2D eigenvalue weighted by Crippen LogP contribution is -2.25. The zero-order valence-corrected chi connectivity index (χ0v) is 10.6. The van der Waals surface area contributed by atoms with Gasteiger partial charge in [0.15, 0.2) is 0 Å². The average molecular weight is 287 g/mol. The van der Waals surface area contributed by atoms with Gasteiger partial charge in [0, 0.05) is 23.8 Å². The van der Waals surface area contributed by atoms with Crippen LogP contribution in [-0.4, -0.2) is 40.2 Å². The molecular formula is C11H15BrN2O2. The second kappa shape index (κ2) is 5.01. The van der Waals surface area contributed by atoms with Gasteiger partial charge in [0.05, 0.1) is 0 Å².